The first-order chi connectivity index (χ1) is 8.52. The highest BCUT2D eigenvalue weighted by atomic mass is 16.5. The van der Waals surface area contributed by atoms with Crippen LogP contribution in [-0.4, -0.2) is 53.8 Å². The molecule has 1 saturated heterocycles. The van der Waals surface area contributed by atoms with Gasteiger partial charge in [0.25, 0.3) is 0 Å². The highest BCUT2D eigenvalue weighted by molar-refractivity contribution is 5.70. The number of aliphatic hydroxyl groups excluding tert-OH is 2. The summed E-state index contributed by atoms with van der Waals surface area (Å²) in [7, 11) is 0. The van der Waals surface area contributed by atoms with Gasteiger partial charge in [-0.25, -0.2) is 0 Å². The molecular formula is C12H21O6-. The van der Waals surface area contributed by atoms with E-state index in [0.29, 0.717) is 26.1 Å². The molecule has 1 fully saturated rings. The standard InChI is InChI=1S/C12H22O6/c1-3-7-9(13)10(14)8(5-6-17-4-2)18-11(7)12(15)16/h7-11,13-14H,3-6H2,1-2H3,(H,15,16)/p-1. The summed E-state index contributed by atoms with van der Waals surface area (Å²) < 4.78 is 10.5. The van der Waals surface area contributed by atoms with E-state index in [1.807, 2.05) is 6.92 Å². The number of aliphatic hydroxyl groups is 2. The number of hydrogen-bond acceptors (Lipinski definition) is 6. The van der Waals surface area contributed by atoms with Crippen LogP contribution in [0.15, 0.2) is 0 Å². The topological polar surface area (TPSA) is 99.1 Å². The zero-order valence-corrected chi connectivity index (χ0v) is 10.7. The maximum absolute atomic E-state index is 11.0. The molecule has 0 aromatic carbocycles. The highest BCUT2D eigenvalue weighted by Gasteiger charge is 2.43. The maximum atomic E-state index is 11.0. The fourth-order valence-electron chi connectivity index (χ4n) is 2.29. The third-order valence-electron chi connectivity index (χ3n) is 3.33. The summed E-state index contributed by atoms with van der Waals surface area (Å²) in [5.74, 6) is -2.00. The molecule has 0 aromatic rings. The molecule has 1 aliphatic rings. The van der Waals surface area contributed by atoms with E-state index in [1.54, 1.807) is 6.92 Å². The Labute approximate surface area is 107 Å². The summed E-state index contributed by atoms with van der Waals surface area (Å²) in [4.78, 5) is 11.0. The molecule has 5 atom stereocenters. The molecule has 0 radical (unpaired) electrons. The fourth-order valence-corrected chi connectivity index (χ4v) is 2.29. The Bertz CT molecular complexity index is 269. The van der Waals surface area contributed by atoms with Crippen molar-refractivity contribution in [3.8, 4) is 0 Å². The Balaban J connectivity index is 2.68. The third-order valence-corrected chi connectivity index (χ3v) is 3.33. The van der Waals surface area contributed by atoms with Crippen molar-refractivity contribution < 1.29 is 29.6 Å². The van der Waals surface area contributed by atoms with Gasteiger partial charge in [0.05, 0.1) is 18.2 Å². The predicted octanol–water partition coefficient (Wildman–Crippen LogP) is -1.32. The van der Waals surface area contributed by atoms with Crippen LogP contribution in [0.2, 0.25) is 0 Å². The minimum atomic E-state index is -1.35. The molecular weight excluding hydrogens is 240 g/mol. The lowest BCUT2D eigenvalue weighted by Gasteiger charge is -2.43. The molecule has 0 aliphatic carbocycles. The summed E-state index contributed by atoms with van der Waals surface area (Å²) in [6.45, 7) is 4.46. The minimum absolute atomic E-state index is 0.340. The van der Waals surface area contributed by atoms with E-state index in [0.717, 1.165) is 0 Å². The third kappa shape index (κ3) is 3.41. The average Bonchev–Trinajstić information content (AvgIpc) is 2.34. The number of carboxylic acid groups (broad SMARTS) is 1. The van der Waals surface area contributed by atoms with Gasteiger partial charge in [-0.1, -0.05) is 6.92 Å². The summed E-state index contributed by atoms with van der Waals surface area (Å²) in [6.07, 6.45) is -3.39. The maximum Gasteiger partial charge on any atom is 0.106 e. The van der Waals surface area contributed by atoms with Gasteiger partial charge >= 0.3 is 0 Å². The lowest BCUT2D eigenvalue weighted by Crippen LogP contribution is -2.59. The lowest BCUT2D eigenvalue weighted by molar-refractivity contribution is -0.330. The lowest BCUT2D eigenvalue weighted by atomic mass is 9.84. The second kappa shape index (κ2) is 7.04. The quantitative estimate of drug-likeness (QED) is 0.575. The predicted molar refractivity (Wildman–Crippen MR) is 60.6 cm³/mol. The van der Waals surface area contributed by atoms with E-state index in [2.05, 4.69) is 0 Å². The molecule has 0 bridgehead atoms. The normalized spacial score (nSPS) is 36.6. The second-order valence-corrected chi connectivity index (χ2v) is 4.45. The van der Waals surface area contributed by atoms with Crippen molar-refractivity contribution in [2.24, 2.45) is 5.92 Å². The van der Waals surface area contributed by atoms with Gasteiger partial charge in [-0.2, -0.15) is 0 Å². The largest absolute Gasteiger partial charge is 0.547 e. The molecule has 6 nitrogen and oxygen atoms in total. The minimum Gasteiger partial charge on any atom is -0.547 e. The number of carbonyl (C=O) groups is 1. The molecule has 1 rings (SSSR count). The van der Waals surface area contributed by atoms with Crippen LogP contribution in [0, 0.1) is 5.92 Å². The SMILES string of the molecule is CCOCCC1OC(C(=O)[O-])C(CC)C(O)C1O. The number of rotatable bonds is 6. The number of ether oxygens (including phenoxy) is 2. The smallest absolute Gasteiger partial charge is 0.106 e. The van der Waals surface area contributed by atoms with Crippen molar-refractivity contribution in [2.75, 3.05) is 13.2 Å². The van der Waals surface area contributed by atoms with Crippen LogP contribution in [0.1, 0.15) is 26.7 Å². The van der Waals surface area contributed by atoms with Crippen LogP contribution in [0.4, 0.5) is 0 Å². The molecule has 0 saturated carbocycles. The number of carbonyl (C=O) groups excluding carboxylic acids is 1. The van der Waals surface area contributed by atoms with Gasteiger partial charge in [0, 0.05) is 19.1 Å². The number of aliphatic carboxylic acids is 1. The molecule has 106 valence electrons. The summed E-state index contributed by atoms with van der Waals surface area (Å²) in [5, 5.41) is 30.8. The number of carboxylic acids is 1. The molecule has 1 aliphatic heterocycles. The van der Waals surface area contributed by atoms with E-state index in [4.69, 9.17) is 9.47 Å². The molecule has 0 spiro atoms. The van der Waals surface area contributed by atoms with E-state index < -0.39 is 36.3 Å². The van der Waals surface area contributed by atoms with Crippen LogP contribution in [0.5, 0.6) is 0 Å². The molecule has 0 aromatic heterocycles. The Morgan fingerprint density at radius 1 is 1.33 bits per heavy atom. The zero-order chi connectivity index (χ0) is 13.7. The Hall–Kier alpha value is -0.690. The molecule has 0 amide bonds. The van der Waals surface area contributed by atoms with Gasteiger partial charge in [0.15, 0.2) is 0 Å². The highest BCUT2D eigenvalue weighted by Crippen LogP contribution is 2.29. The second-order valence-electron chi connectivity index (χ2n) is 4.45. The molecule has 6 heteroatoms. The Morgan fingerprint density at radius 3 is 2.50 bits per heavy atom. The van der Waals surface area contributed by atoms with Crippen molar-refractivity contribution in [3.63, 3.8) is 0 Å². The van der Waals surface area contributed by atoms with Gasteiger partial charge in [0.2, 0.25) is 0 Å². The van der Waals surface area contributed by atoms with Crippen LogP contribution < -0.4 is 5.11 Å². The number of hydrogen-bond donors (Lipinski definition) is 2. The van der Waals surface area contributed by atoms with Crippen molar-refractivity contribution in [1.29, 1.82) is 0 Å². The van der Waals surface area contributed by atoms with Gasteiger partial charge in [-0.05, 0) is 19.8 Å². The Morgan fingerprint density at radius 2 is 2.00 bits per heavy atom. The first kappa shape index (κ1) is 15.4. The first-order valence-electron chi connectivity index (χ1n) is 6.33. The summed E-state index contributed by atoms with van der Waals surface area (Å²) >= 11 is 0. The van der Waals surface area contributed by atoms with Gasteiger partial charge in [-0.15, -0.1) is 0 Å². The average molecular weight is 261 g/mol. The Kier molecular flexibility index (Phi) is 6.01. The van der Waals surface area contributed by atoms with Gasteiger partial charge < -0.3 is 29.6 Å². The molecule has 1 heterocycles. The van der Waals surface area contributed by atoms with Gasteiger partial charge in [0.1, 0.15) is 12.2 Å². The first-order valence-corrected chi connectivity index (χ1v) is 6.33. The fraction of sp³-hybridized carbons (Fsp3) is 0.917. The molecule has 18 heavy (non-hydrogen) atoms. The van der Waals surface area contributed by atoms with Crippen LogP contribution in [0.3, 0.4) is 0 Å². The van der Waals surface area contributed by atoms with Crippen LogP contribution in [-0.2, 0) is 14.3 Å². The van der Waals surface area contributed by atoms with Crippen molar-refractivity contribution in [3.05, 3.63) is 0 Å². The summed E-state index contributed by atoms with van der Waals surface area (Å²) in [6, 6.07) is 0. The van der Waals surface area contributed by atoms with Crippen molar-refractivity contribution in [2.45, 2.75) is 51.1 Å². The van der Waals surface area contributed by atoms with Gasteiger partial charge in [-0.3, -0.25) is 0 Å². The van der Waals surface area contributed by atoms with E-state index in [-0.39, 0.29) is 0 Å². The van der Waals surface area contributed by atoms with E-state index >= 15 is 0 Å². The monoisotopic (exact) mass is 261 g/mol. The van der Waals surface area contributed by atoms with Crippen LogP contribution >= 0.6 is 0 Å². The van der Waals surface area contributed by atoms with Crippen LogP contribution in [0.25, 0.3) is 0 Å². The van der Waals surface area contributed by atoms with Crippen molar-refractivity contribution >= 4 is 5.97 Å². The molecule has 5 unspecified atom stereocenters. The van der Waals surface area contributed by atoms with E-state index in [1.165, 1.54) is 0 Å². The van der Waals surface area contributed by atoms with E-state index in [9.17, 15) is 20.1 Å². The molecule has 2 N–H and O–H groups in total. The summed E-state index contributed by atoms with van der Waals surface area (Å²) in [5.41, 5.74) is 0. The zero-order valence-electron chi connectivity index (χ0n) is 10.7. The van der Waals surface area contributed by atoms with Crippen molar-refractivity contribution in [1.82, 2.24) is 0 Å².